The standard InChI is InChI=1S/C11H22N2O2/c1-9(7-12)13(2)11(14)8-15-10-5-3-4-6-10/h9-10H,3-8,12H2,1-2H3. The zero-order chi connectivity index (χ0) is 11.3. The van der Waals surface area contributed by atoms with Crippen LogP contribution in [-0.2, 0) is 9.53 Å². The van der Waals surface area contributed by atoms with Gasteiger partial charge in [0.15, 0.2) is 0 Å². The average Bonchev–Trinajstić information content (AvgIpc) is 2.76. The van der Waals surface area contributed by atoms with Gasteiger partial charge in [0.25, 0.3) is 0 Å². The largest absolute Gasteiger partial charge is 0.368 e. The summed E-state index contributed by atoms with van der Waals surface area (Å²) >= 11 is 0. The van der Waals surface area contributed by atoms with Gasteiger partial charge in [-0.1, -0.05) is 12.8 Å². The monoisotopic (exact) mass is 214 g/mol. The fraction of sp³-hybridized carbons (Fsp3) is 0.909. The summed E-state index contributed by atoms with van der Waals surface area (Å²) in [5.41, 5.74) is 5.49. The van der Waals surface area contributed by atoms with Crippen LogP contribution in [0.15, 0.2) is 0 Å². The molecule has 1 aliphatic carbocycles. The van der Waals surface area contributed by atoms with E-state index in [0.717, 1.165) is 12.8 Å². The van der Waals surface area contributed by atoms with E-state index in [-0.39, 0.29) is 18.6 Å². The molecule has 0 spiro atoms. The maximum absolute atomic E-state index is 11.6. The van der Waals surface area contributed by atoms with Crippen LogP contribution >= 0.6 is 0 Å². The Bertz CT molecular complexity index is 203. The number of ether oxygens (including phenoxy) is 1. The maximum Gasteiger partial charge on any atom is 0.248 e. The van der Waals surface area contributed by atoms with Crippen LogP contribution in [0.4, 0.5) is 0 Å². The van der Waals surface area contributed by atoms with Gasteiger partial charge in [-0.3, -0.25) is 4.79 Å². The van der Waals surface area contributed by atoms with Crippen molar-refractivity contribution < 1.29 is 9.53 Å². The van der Waals surface area contributed by atoms with Crippen LogP contribution in [0.1, 0.15) is 32.6 Å². The van der Waals surface area contributed by atoms with Gasteiger partial charge in [-0.25, -0.2) is 0 Å². The number of carbonyl (C=O) groups excluding carboxylic acids is 1. The zero-order valence-electron chi connectivity index (χ0n) is 9.74. The molecule has 4 heteroatoms. The lowest BCUT2D eigenvalue weighted by Gasteiger charge is -2.24. The SMILES string of the molecule is CC(CN)N(C)C(=O)COC1CCCC1. The molecule has 15 heavy (non-hydrogen) atoms. The Hall–Kier alpha value is -0.610. The summed E-state index contributed by atoms with van der Waals surface area (Å²) in [6, 6.07) is 0.0877. The van der Waals surface area contributed by atoms with E-state index in [1.807, 2.05) is 6.92 Å². The molecule has 0 aromatic heterocycles. The summed E-state index contributed by atoms with van der Waals surface area (Å²) in [7, 11) is 1.78. The highest BCUT2D eigenvalue weighted by molar-refractivity contribution is 5.77. The van der Waals surface area contributed by atoms with Crippen molar-refractivity contribution in [3.8, 4) is 0 Å². The molecule has 0 radical (unpaired) electrons. The highest BCUT2D eigenvalue weighted by atomic mass is 16.5. The summed E-state index contributed by atoms with van der Waals surface area (Å²) in [4.78, 5) is 13.3. The molecular formula is C11H22N2O2. The lowest BCUT2D eigenvalue weighted by Crippen LogP contribution is -2.41. The Morgan fingerprint density at radius 3 is 2.67 bits per heavy atom. The third-order valence-electron chi connectivity index (χ3n) is 3.14. The van der Waals surface area contributed by atoms with Gasteiger partial charge < -0.3 is 15.4 Å². The molecule has 0 heterocycles. The van der Waals surface area contributed by atoms with E-state index in [2.05, 4.69) is 0 Å². The first-order valence-electron chi connectivity index (χ1n) is 5.72. The van der Waals surface area contributed by atoms with Crippen LogP contribution in [0, 0.1) is 0 Å². The topological polar surface area (TPSA) is 55.6 Å². The smallest absolute Gasteiger partial charge is 0.248 e. The number of nitrogens with two attached hydrogens (primary N) is 1. The molecule has 1 unspecified atom stereocenters. The molecule has 4 nitrogen and oxygen atoms in total. The van der Waals surface area contributed by atoms with E-state index in [4.69, 9.17) is 10.5 Å². The number of hydrogen-bond acceptors (Lipinski definition) is 3. The Morgan fingerprint density at radius 2 is 2.13 bits per heavy atom. The van der Waals surface area contributed by atoms with Crippen molar-refractivity contribution >= 4 is 5.91 Å². The Morgan fingerprint density at radius 1 is 1.53 bits per heavy atom. The number of amides is 1. The van der Waals surface area contributed by atoms with Crippen LogP contribution in [0.2, 0.25) is 0 Å². The fourth-order valence-electron chi connectivity index (χ4n) is 1.75. The van der Waals surface area contributed by atoms with Crippen molar-refractivity contribution in [2.45, 2.75) is 44.8 Å². The summed E-state index contributed by atoms with van der Waals surface area (Å²) in [5.74, 6) is 0.0276. The zero-order valence-corrected chi connectivity index (χ0v) is 9.74. The van der Waals surface area contributed by atoms with E-state index in [1.165, 1.54) is 12.8 Å². The molecule has 1 amide bonds. The van der Waals surface area contributed by atoms with Gasteiger partial charge in [0.05, 0.1) is 6.10 Å². The van der Waals surface area contributed by atoms with Crippen LogP contribution < -0.4 is 5.73 Å². The second-order valence-corrected chi connectivity index (χ2v) is 4.31. The normalized spacial score (nSPS) is 19.1. The van der Waals surface area contributed by atoms with Crippen molar-refractivity contribution in [3.63, 3.8) is 0 Å². The lowest BCUT2D eigenvalue weighted by molar-refractivity contribution is -0.138. The molecule has 0 aliphatic heterocycles. The molecule has 2 N–H and O–H groups in total. The van der Waals surface area contributed by atoms with Crippen molar-refractivity contribution in [3.05, 3.63) is 0 Å². The first-order chi connectivity index (χ1) is 7.15. The summed E-state index contributed by atoms with van der Waals surface area (Å²) in [6.45, 7) is 2.63. The second-order valence-electron chi connectivity index (χ2n) is 4.31. The van der Waals surface area contributed by atoms with Gasteiger partial charge >= 0.3 is 0 Å². The lowest BCUT2D eigenvalue weighted by atomic mass is 10.3. The molecule has 1 saturated carbocycles. The molecule has 1 rings (SSSR count). The Balaban J connectivity index is 2.22. The van der Waals surface area contributed by atoms with Crippen LogP contribution in [-0.4, -0.2) is 43.2 Å². The highest BCUT2D eigenvalue weighted by Crippen LogP contribution is 2.20. The summed E-state index contributed by atoms with van der Waals surface area (Å²) in [5, 5.41) is 0. The van der Waals surface area contributed by atoms with Gasteiger partial charge in [-0.05, 0) is 19.8 Å². The summed E-state index contributed by atoms with van der Waals surface area (Å²) < 4.78 is 5.55. The highest BCUT2D eigenvalue weighted by Gasteiger charge is 2.19. The molecule has 0 aromatic carbocycles. The molecule has 0 bridgehead atoms. The van der Waals surface area contributed by atoms with Gasteiger partial charge in [0.2, 0.25) is 5.91 Å². The number of nitrogens with zero attached hydrogens (tertiary/aromatic N) is 1. The number of carbonyl (C=O) groups is 1. The Kier molecular flexibility index (Phi) is 5.05. The van der Waals surface area contributed by atoms with E-state index in [0.29, 0.717) is 12.6 Å². The van der Waals surface area contributed by atoms with Crippen molar-refractivity contribution in [1.29, 1.82) is 0 Å². The fourth-order valence-corrected chi connectivity index (χ4v) is 1.75. The number of likely N-dealkylation sites (N-methyl/N-ethyl adjacent to an activating group) is 1. The van der Waals surface area contributed by atoms with Crippen molar-refractivity contribution in [1.82, 2.24) is 4.90 Å². The van der Waals surface area contributed by atoms with E-state index >= 15 is 0 Å². The van der Waals surface area contributed by atoms with Gasteiger partial charge in [-0.15, -0.1) is 0 Å². The van der Waals surface area contributed by atoms with Gasteiger partial charge in [-0.2, -0.15) is 0 Å². The molecule has 1 atom stereocenters. The van der Waals surface area contributed by atoms with Crippen LogP contribution in [0.5, 0.6) is 0 Å². The minimum absolute atomic E-state index is 0.0276. The minimum Gasteiger partial charge on any atom is -0.368 e. The summed E-state index contributed by atoms with van der Waals surface area (Å²) in [6.07, 6.45) is 4.96. The first kappa shape index (κ1) is 12.5. The maximum atomic E-state index is 11.6. The average molecular weight is 214 g/mol. The molecule has 0 aromatic rings. The van der Waals surface area contributed by atoms with Gasteiger partial charge in [0.1, 0.15) is 6.61 Å². The molecular weight excluding hydrogens is 192 g/mol. The van der Waals surface area contributed by atoms with E-state index in [1.54, 1.807) is 11.9 Å². The van der Waals surface area contributed by atoms with E-state index < -0.39 is 0 Å². The molecule has 0 saturated heterocycles. The van der Waals surface area contributed by atoms with Gasteiger partial charge in [0, 0.05) is 19.6 Å². The van der Waals surface area contributed by atoms with Crippen LogP contribution in [0.3, 0.4) is 0 Å². The first-order valence-corrected chi connectivity index (χ1v) is 5.72. The third kappa shape index (κ3) is 3.80. The van der Waals surface area contributed by atoms with E-state index in [9.17, 15) is 4.79 Å². The Labute approximate surface area is 91.8 Å². The van der Waals surface area contributed by atoms with Crippen molar-refractivity contribution in [2.75, 3.05) is 20.2 Å². The predicted octanol–water partition coefficient (Wildman–Crippen LogP) is 0.751. The van der Waals surface area contributed by atoms with Crippen molar-refractivity contribution in [2.24, 2.45) is 5.73 Å². The van der Waals surface area contributed by atoms with Crippen LogP contribution in [0.25, 0.3) is 0 Å². The molecule has 1 fully saturated rings. The number of rotatable bonds is 5. The molecule has 88 valence electrons. The molecule has 1 aliphatic rings. The number of hydrogen-bond donors (Lipinski definition) is 1. The quantitative estimate of drug-likeness (QED) is 0.735. The second kappa shape index (κ2) is 6.08. The predicted molar refractivity (Wildman–Crippen MR) is 59.5 cm³/mol. The minimum atomic E-state index is 0.0276. The third-order valence-corrected chi connectivity index (χ3v) is 3.14.